The van der Waals surface area contributed by atoms with Crippen molar-refractivity contribution in [2.45, 2.75) is 19.4 Å². The number of primary amides is 1. The zero-order valence-corrected chi connectivity index (χ0v) is 6.65. The van der Waals surface area contributed by atoms with E-state index in [9.17, 15) is 4.79 Å². The van der Waals surface area contributed by atoms with E-state index in [0.29, 0.717) is 6.42 Å². The van der Waals surface area contributed by atoms with Gasteiger partial charge in [-0.15, -0.1) is 0 Å². The van der Waals surface area contributed by atoms with Gasteiger partial charge in [0.15, 0.2) is 0 Å². The van der Waals surface area contributed by atoms with Crippen LogP contribution in [0.5, 0.6) is 0 Å². The number of carbonyl (C=O) groups excluding carboxylic acids is 1. The molecular weight excluding hydrogens is 160 g/mol. The van der Waals surface area contributed by atoms with Crippen LogP contribution in [0.4, 0.5) is 0 Å². The van der Waals surface area contributed by atoms with Crippen LogP contribution in [0, 0.1) is 0 Å². The van der Waals surface area contributed by atoms with Crippen molar-refractivity contribution in [1.29, 1.82) is 0 Å². The molecule has 0 saturated carbocycles. The van der Waals surface area contributed by atoms with Crippen LogP contribution < -0.4 is 11.5 Å². The molecule has 6 heteroatoms. The fourth-order valence-electron chi connectivity index (χ4n) is 0.661. The average Bonchev–Trinajstić information content (AvgIpc) is 2.51. The van der Waals surface area contributed by atoms with Gasteiger partial charge in [0.05, 0.1) is 6.04 Å². The summed E-state index contributed by atoms with van der Waals surface area (Å²) in [5, 5.41) is 3.34. The quantitative estimate of drug-likeness (QED) is 0.640. The van der Waals surface area contributed by atoms with Gasteiger partial charge in [0.25, 0.3) is 11.7 Å². The lowest BCUT2D eigenvalue weighted by Gasteiger charge is -1.98. The second-order valence-corrected chi connectivity index (χ2v) is 2.34. The van der Waals surface area contributed by atoms with Crippen molar-refractivity contribution in [2.24, 2.45) is 11.5 Å². The first-order valence-corrected chi connectivity index (χ1v) is 3.54. The van der Waals surface area contributed by atoms with Gasteiger partial charge in [0, 0.05) is 0 Å². The normalized spacial score (nSPS) is 12.8. The molecule has 1 aromatic heterocycles. The fraction of sp³-hybridized carbons (Fsp3) is 0.500. The third kappa shape index (κ3) is 1.59. The maximum absolute atomic E-state index is 10.5. The van der Waals surface area contributed by atoms with E-state index in [2.05, 4.69) is 10.1 Å². The lowest BCUT2D eigenvalue weighted by molar-refractivity contribution is 0.0987. The Hall–Kier alpha value is -1.43. The predicted octanol–water partition coefficient (Wildman–Crippen LogP) is -0.422. The molecule has 0 radical (unpaired) electrons. The minimum Gasteiger partial charge on any atom is -0.363 e. The second-order valence-electron chi connectivity index (χ2n) is 2.34. The summed E-state index contributed by atoms with van der Waals surface area (Å²) < 4.78 is 4.69. The Bertz CT molecular complexity index is 283. The van der Waals surface area contributed by atoms with Crippen molar-refractivity contribution in [3.8, 4) is 0 Å². The zero-order valence-electron chi connectivity index (χ0n) is 6.65. The standard InChI is InChI=1S/C6H10N4O2/c1-2-3(7)6-9-5(4(8)11)10-12-6/h3H,2,7H2,1H3,(H2,8,11). The van der Waals surface area contributed by atoms with Crippen LogP contribution in [0.1, 0.15) is 35.9 Å². The van der Waals surface area contributed by atoms with E-state index in [1.807, 2.05) is 6.92 Å². The molecule has 1 unspecified atom stereocenters. The van der Waals surface area contributed by atoms with E-state index in [4.69, 9.17) is 16.0 Å². The van der Waals surface area contributed by atoms with E-state index in [1.54, 1.807) is 0 Å². The molecule has 12 heavy (non-hydrogen) atoms. The van der Waals surface area contributed by atoms with Gasteiger partial charge >= 0.3 is 0 Å². The molecule has 0 aliphatic heterocycles. The summed E-state index contributed by atoms with van der Waals surface area (Å²) in [5.41, 5.74) is 10.5. The van der Waals surface area contributed by atoms with Crippen molar-refractivity contribution < 1.29 is 9.32 Å². The number of carbonyl (C=O) groups is 1. The average molecular weight is 170 g/mol. The third-order valence-electron chi connectivity index (χ3n) is 1.42. The van der Waals surface area contributed by atoms with Gasteiger partial charge in [-0.2, -0.15) is 4.98 Å². The molecule has 0 aliphatic rings. The van der Waals surface area contributed by atoms with Gasteiger partial charge in [-0.1, -0.05) is 12.1 Å². The van der Waals surface area contributed by atoms with E-state index < -0.39 is 5.91 Å². The number of rotatable bonds is 3. The molecule has 0 aliphatic carbocycles. The molecule has 0 saturated heterocycles. The summed E-state index contributed by atoms with van der Waals surface area (Å²) in [7, 11) is 0. The molecule has 0 aromatic carbocycles. The lowest BCUT2D eigenvalue weighted by atomic mass is 10.2. The molecule has 0 spiro atoms. The van der Waals surface area contributed by atoms with Crippen LogP contribution in [0.25, 0.3) is 0 Å². The van der Waals surface area contributed by atoms with Crippen LogP contribution in [-0.2, 0) is 0 Å². The number of amides is 1. The van der Waals surface area contributed by atoms with E-state index in [-0.39, 0.29) is 17.8 Å². The van der Waals surface area contributed by atoms with Crippen LogP contribution in [0.3, 0.4) is 0 Å². The van der Waals surface area contributed by atoms with Crippen LogP contribution in [-0.4, -0.2) is 16.0 Å². The molecule has 1 heterocycles. The highest BCUT2D eigenvalue weighted by atomic mass is 16.5. The monoisotopic (exact) mass is 170 g/mol. The van der Waals surface area contributed by atoms with E-state index in [0.717, 1.165) is 0 Å². The first-order chi connectivity index (χ1) is 5.65. The first kappa shape index (κ1) is 8.66. The number of hydrogen-bond acceptors (Lipinski definition) is 5. The molecular formula is C6H10N4O2. The molecule has 0 bridgehead atoms. The van der Waals surface area contributed by atoms with E-state index in [1.165, 1.54) is 0 Å². The van der Waals surface area contributed by atoms with Gasteiger partial charge in [-0.3, -0.25) is 4.79 Å². The molecule has 0 fully saturated rings. The molecule has 66 valence electrons. The lowest BCUT2D eigenvalue weighted by Crippen LogP contribution is -2.14. The Morgan fingerprint density at radius 2 is 2.42 bits per heavy atom. The van der Waals surface area contributed by atoms with E-state index >= 15 is 0 Å². The van der Waals surface area contributed by atoms with Crippen molar-refractivity contribution in [3.05, 3.63) is 11.7 Å². The minimum atomic E-state index is -0.715. The Kier molecular flexibility index (Phi) is 2.39. The summed E-state index contributed by atoms with van der Waals surface area (Å²) in [5.74, 6) is -0.603. The number of hydrogen-bond donors (Lipinski definition) is 2. The maximum Gasteiger partial charge on any atom is 0.290 e. The van der Waals surface area contributed by atoms with Gasteiger partial charge in [-0.25, -0.2) is 0 Å². The number of aromatic nitrogens is 2. The first-order valence-electron chi connectivity index (χ1n) is 3.54. The third-order valence-corrected chi connectivity index (χ3v) is 1.42. The fourth-order valence-corrected chi connectivity index (χ4v) is 0.661. The summed E-state index contributed by atoms with van der Waals surface area (Å²) in [6.45, 7) is 1.87. The van der Waals surface area contributed by atoms with Crippen LogP contribution in [0.15, 0.2) is 4.52 Å². The summed E-state index contributed by atoms with van der Waals surface area (Å²) in [6.07, 6.45) is 0.667. The molecule has 6 nitrogen and oxygen atoms in total. The highest BCUT2D eigenvalue weighted by Crippen LogP contribution is 2.09. The Morgan fingerprint density at radius 1 is 1.75 bits per heavy atom. The van der Waals surface area contributed by atoms with Crippen molar-refractivity contribution >= 4 is 5.91 Å². The van der Waals surface area contributed by atoms with Gasteiger partial charge in [0.1, 0.15) is 0 Å². The summed E-state index contributed by atoms with van der Waals surface area (Å²) in [4.78, 5) is 14.2. The highest BCUT2D eigenvalue weighted by molar-refractivity contribution is 5.88. The Morgan fingerprint density at radius 3 is 2.83 bits per heavy atom. The van der Waals surface area contributed by atoms with Crippen LogP contribution >= 0.6 is 0 Å². The second kappa shape index (κ2) is 3.31. The highest BCUT2D eigenvalue weighted by Gasteiger charge is 2.15. The van der Waals surface area contributed by atoms with Crippen molar-refractivity contribution in [2.75, 3.05) is 0 Å². The zero-order chi connectivity index (χ0) is 9.14. The Balaban J connectivity index is 2.84. The number of nitrogens with zero attached hydrogens (tertiary/aromatic N) is 2. The maximum atomic E-state index is 10.5. The topological polar surface area (TPSA) is 108 Å². The van der Waals surface area contributed by atoms with Crippen molar-refractivity contribution in [3.63, 3.8) is 0 Å². The molecule has 4 N–H and O–H groups in total. The minimum absolute atomic E-state index is 0.131. The van der Waals surface area contributed by atoms with Gasteiger partial charge in [0.2, 0.25) is 5.89 Å². The molecule has 1 aromatic rings. The molecule has 1 atom stereocenters. The Labute approximate surface area is 68.9 Å². The summed E-state index contributed by atoms with van der Waals surface area (Å²) >= 11 is 0. The largest absolute Gasteiger partial charge is 0.363 e. The van der Waals surface area contributed by atoms with Crippen LogP contribution in [0.2, 0.25) is 0 Å². The van der Waals surface area contributed by atoms with Gasteiger partial charge in [-0.05, 0) is 6.42 Å². The SMILES string of the molecule is CCC(N)c1nc(C(N)=O)no1. The smallest absolute Gasteiger partial charge is 0.290 e. The van der Waals surface area contributed by atoms with Crippen molar-refractivity contribution in [1.82, 2.24) is 10.1 Å². The molecule has 1 rings (SSSR count). The van der Waals surface area contributed by atoms with Gasteiger partial charge < -0.3 is 16.0 Å². The number of nitrogens with two attached hydrogens (primary N) is 2. The molecule has 1 amide bonds. The predicted molar refractivity (Wildman–Crippen MR) is 40.0 cm³/mol. The summed E-state index contributed by atoms with van der Waals surface area (Å²) in [6, 6.07) is -0.328.